The van der Waals surface area contributed by atoms with E-state index in [1.54, 1.807) is 12.1 Å². The van der Waals surface area contributed by atoms with Gasteiger partial charge >= 0.3 is 0 Å². The monoisotopic (exact) mass is 297 g/mol. The van der Waals surface area contributed by atoms with Gasteiger partial charge in [-0.2, -0.15) is 0 Å². The molecule has 22 heavy (non-hydrogen) atoms. The second-order valence-electron chi connectivity index (χ2n) is 4.96. The van der Waals surface area contributed by atoms with E-state index in [2.05, 4.69) is 17.4 Å². The third kappa shape index (κ3) is 4.98. The molecule has 1 amide bonds. The molecule has 4 heteroatoms. The summed E-state index contributed by atoms with van der Waals surface area (Å²) in [4.78, 5) is 11.7. The van der Waals surface area contributed by atoms with Crippen LogP contribution in [-0.4, -0.2) is 22.7 Å². The van der Waals surface area contributed by atoms with E-state index in [0.717, 1.165) is 12.8 Å². The summed E-state index contributed by atoms with van der Waals surface area (Å²) < 4.78 is 0. The third-order valence-corrected chi connectivity index (χ3v) is 3.21. The van der Waals surface area contributed by atoms with E-state index in [0.29, 0.717) is 12.1 Å². The molecule has 2 aromatic rings. The highest BCUT2D eigenvalue weighted by Crippen LogP contribution is 2.25. The van der Waals surface area contributed by atoms with E-state index in [1.807, 2.05) is 18.2 Å². The molecule has 0 heterocycles. The maximum atomic E-state index is 11.7. The topological polar surface area (TPSA) is 69.6 Å². The fraction of sp³-hybridized carbons (Fsp3) is 0.167. The number of carbonyl (C=O) groups excluding carboxylic acids is 1. The van der Waals surface area contributed by atoms with Crippen LogP contribution in [0.1, 0.15) is 17.5 Å². The van der Waals surface area contributed by atoms with Gasteiger partial charge in [0.15, 0.2) is 11.5 Å². The van der Waals surface area contributed by atoms with Gasteiger partial charge in [-0.3, -0.25) is 4.79 Å². The highest BCUT2D eigenvalue weighted by atomic mass is 16.3. The van der Waals surface area contributed by atoms with Crippen molar-refractivity contribution in [1.29, 1.82) is 0 Å². The number of phenols is 2. The van der Waals surface area contributed by atoms with Crippen LogP contribution >= 0.6 is 0 Å². The number of aryl methyl sites for hydroxylation is 1. The number of hydrogen-bond acceptors (Lipinski definition) is 3. The van der Waals surface area contributed by atoms with Gasteiger partial charge in [-0.15, -0.1) is 0 Å². The van der Waals surface area contributed by atoms with E-state index < -0.39 is 0 Å². The molecule has 0 saturated heterocycles. The first kappa shape index (κ1) is 15.6. The first-order valence-electron chi connectivity index (χ1n) is 7.17. The number of benzene rings is 2. The minimum absolute atomic E-state index is 0.178. The molecule has 0 aliphatic carbocycles. The molecule has 0 bridgehead atoms. The predicted octanol–water partition coefficient (Wildman–Crippen LogP) is 2.86. The highest BCUT2D eigenvalue weighted by molar-refractivity contribution is 5.91. The molecular formula is C18H19NO3. The van der Waals surface area contributed by atoms with Crippen molar-refractivity contribution >= 4 is 12.0 Å². The lowest BCUT2D eigenvalue weighted by molar-refractivity contribution is -0.116. The van der Waals surface area contributed by atoms with Crippen molar-refractivity contribution in [3.63, 3.8) is 0 Å². The lowest BCUT2D eigenvalue weighted by Crippen LogP contribution is -2.22. The number of rotatable bonds is 6. The molecule has 114 valence electrons. The molecule has 2 aromatic carbocycles. The van der Waals surface area contributed by atoms with Crippen molar-refractivity contribution < 1.29 is 15.0 Å². The second-order valence-corrected chi connectivity index (χ2v) is 4.96. The van der Waals surface area contributed by atoms with Crippen LogP contribution in [0, 0.1) is 0 Å². The van der Waals surface area contributed by atoms with Gasteiger partial charge in [-0.25, -0.2) is 0 Å². The smallest absolute Gasteiger partial charge is 0.243 e. The SMILES string of the molecule is O=C(C=Cc1ccc(O)c(O)c1)NCCCc1ccccc1. The normalized spacial score (nSPS) is 10.7. The van der Waals surface area contributed by atoms with E-state index in [-0.39, 0.29) is 17.4 Å². The van der Waals surface area contributed by atoms with Crippen molar-refractivity contribution in [2.45, 2.75) is 12.8 Å². The number of carbonyl (C=O) groups is 1. The minimum atomic E-state index is -0.203. The van der Waals surface area contributed by atoms with E-state index in [9.17, 15) is 15.0 Å². The van der Waals surface area contributed by atoms with Gasteiger partial charge in [0, 0.05) is 12.6 Å². The van der Waals surface area contributed by atoms with E-state index in [1.165, 1.54) is 23.8 Å². The molecule has 0 aliphatic heterocycles. The summed E-state index contributed by atoms with van der Waals surface area (Å²) in [5.74, 6) is -0.562. The number of nitrogens with one attached hydrogen (secondary N) is 1. The molecule has 2 rings (SSSR count). The molecule has 3 N–H and O–H groups in total. The van der Waals surface area contributed by atoms with E-state index in [4.69, 9.17) is 0 Å². The molecule has 0 aliphatic rings. The summed E-state index contributed by atoms with van der Waals surface area (Å²) >= 11 is 0. The summed E-state index contributed by atoms with van der Waals surface area (Å²) in [6, 6.07) is 14.5. The lowest BCUT2D eigenvalue weighted by atomic mass is 10.1. The maximum Gasteiger partial charge on any atom is 0.243 e. The fourth-order valence-corrected chi connectivity index (χ4v) is 2.02. The van der Waals surface area contributed by atoms with Crippen molar-refractivity contribution in [3.8, 4) is 11.5 Å². The predicted molar refractivity (Wildman–Crippen MR) is 86.6 cm³/mol. The lowest BCUT2D eigenvalue weighted by Gasteiger charge is -2.03. The van der Waals surface area contributed by atoms with Crippen LogP contribution in [0.2, 0.25) is 0 Å². The van der Waals surface area contributed by atoms with Crippen LogP contribution in [0.25, 0.3) is 6.08 Å². The largest absolute Gasteiger partial charge is 0.504 e. The molecule has 0 fully saturated rings. The zero-order valence-electron chi connectivity index (χ0n) is 12.2. The average Bonchev–Trinajstić information content (AvgIpc) is 2.54. The van der Waals surface area contributed by atoms with Crippen molar-refractivity contribution in [2.75, 3.05) is 6.54 Å². The molecule has 0 saturated carbocycles. The van der Waals surface area contributed by atoms with Gasteiger partial charge in [0.05, 0.1) is 0 Å². The standard InChI is InChI=1S/C18H19NO3/c20-16-10-8-15(13-17(16)21)9-11-18(22)19-12-4-7-14-5-2-1-3-6-14/h1-3,5-6,8-11,13,20-21H,4,7,12H2,(H,19,22). The van der Waals surface area contributed by atoms with Crippen molar-refractivity contribution in [2.24, 2.45) is 0 Å². The zero-order valence-corrected chi connectivity index (χ0v) is 12.2. The van der Waals surface area contributed by atoms with Gasteiger partial charge in [0.1, 0.15) is 0 Å². The summed E-state index contributed by atoms with van der Waals surface area (Å²) in [6.07, 6.45) is 4.81. The van der Waals surface area contributed by atoms with Crippen molar-refractivity contribution in [3.05, 3.63) is 65.7 Å². The molecular weight excluding hydrogens is 278 g/mol. The Morgan fingerprint density at radius 2 is 1.82 bits per heavy atom. The molecule has 0 radical (unpaired) electrons. The summed E-state index contributed by atoms with van der Waals surface area (Å²) in [6.45, 7) is 0.610. The van der Waals surface area contributed by atoms with Gasteiger partial charge in [-0.05, 0) is 42.2 Å². The maximum absolute atomic E-state index is 11.7. The van der Waals surface area contributed by atoms with Crippen LogP contribution in [-0.2, 0) is 11.2 Å². The Morgan fingerprint density at radius 3 is 2.55 bits per heavy atom. The Balaban J connectivity index is 1.73. The number of amides is 1. The number of hydrogen-bond donors (Lipinski definition) is 3. The Labute approximate surface area is 129 Å². The van der Waals surface area contributed by atoms with Crippen LogP contribution in [0.5, 0.6) is 11.5 Å². The summed E-state index contributed by atoms with van der Waals surface area (Å²) in [5.41, 5.74) is 1.90. The molecule has 0 atom stereocenters. The second kappa shape index (κ2) is 7.88. The zero-order chi connectivity index (χ0) is 15.8. The number of phenolic OH excluding ortho intramolecular Hbond substituents is 2. The third-order valence-electron chi connectivity index (χ3n) is 3.21. The average molecular weight is 297 g/mol. The van der Waals surface area contributed by atoms with Crippen LogP contribution < -0.4 is 5.32 Å². The Hall–Kier alpha value is -2.75. The quantitative estimate of drug-likeness (QED) is 0.436. The minimum Gasteiger partial charge on any atom is -0.504 e. The van der Waals surface area contributed by atoms with Crippen LogP contribution in [0.3, 0.4) is 0 Å². The molecule has 4 nitrogen and oxygen atoms in total. The van der Waals surface area contributed by atoms with Gasteiger partial charge in [0.25, 0.3) is 0 Å². The van der Waals surface area contributed by atoms with Gasteiger partial charge in [0.2, 0.25) is 5.91 Å². The van der Waals surface area contributed by atoms with Crippen molar-refractivity contribution in [1.82, 2.24) is 5.32 Å². The first-order chi connectivity index (χ1) is 10.6. The Kier molecular flexibility index (Phi) is 5.60. The van der Waals surface area contributed by atoms with Gasteiger partial charge in [-0.1, -0.05) is 36.4 Å². The summed E-state index contributed by atoms with van der Waals surface area (Å²) in [5, 5.41) is 21.4. The van der Waals surface area contributed by atoms with E-state index >= 15 is 0 Å². The van der Waals surface area contributed by atoms with Crippen LogP contribution in [0.4, 0.5) is 0 Å². The number of aromatic hydroxyl groups is 2. The molecule has 0 unspecified atom stereocenters. The summed E-state index contributed by atoms with van der Waals surface area (Å²) in [7, 11) is 0. The Morgan fingerprint density at radius 1 is 1.05 bits per heavy atom. The fourth-order valence-electron chi connectivity index (χ4n) is 2.02. The Bertz CT molecular complexity index is 651. The van der Waals surface area contributed by atoms with Crippen LogP contribution in [0.15, 0.2) is 54.6 Å². The highest BCUT2D eigenvalue weighted by Gasteiger charge is 1.99. The van der Waals surface area contributed by atoms with Gasteiger partial charge < -0.3 is 15.5 Å². The first-order valence-corrected chi connectivity index (χ1v) is 7.17. The molecule has 0 aromatic heterocycles. The molecule has 0 spiro atoms.